The van der Waals surface area contributed by atoms with E-state index in [1.165, 1.54) is 6.92 Å². The van der Waals surface area contributed by atoms with E-state index < -0.39 is 0 Å². The lowest BCUT2D eigenvalue weighted by atomic mass is 10.2. The summed E-state index contributed by atoms with van der Waals surface area (Å²) in [5.74, 6) is 1.21. The fourth-order valence-corrected chi connectivity index (χ4v) is 2.49. The molecule has 0 radical (unpaired) electrons. The van der Waals surface area contributed by atoms with Crippen LogP contribution >= 0.6 is 0 Å². The zero-order valence-electron chi connectivity index (χ0n) is 15.6. The molecule has 0 fully saturated rings. The van der Waals surface area contributed by atoms with Crippen molar-refractivity contribution < 1.29 is 18.7 Å². The summed E-state index contributed by atoms with van der Waals surface area (Å²) in [6.45, 7) is 1.44. The Morgan fingerprint density at radius 1 is 0.964 bits per heavy atom. The molecule has 0 aliphatic heterocycles. The van der Waals surface area contributed by atoms with Gasteiger partial charge in [0, 0.05) is 36.7 Å². The van der Waals surface area contributed by atoms with E-state index in [4.69, 9.17) is 9.15 Å². The first-order valence-corrected chi connectivity index (χ1v) is 8.68. The lowest BCUT2D eigenvalue weighted by molar-refractivity contribution is -0.116. The number of carbonyl (C=O) groups excluding carboxylic acids is 2. The Morgan fingerprint density at radius 2 is 1.61 bits per heavy atom. The van der Waals surface area contributed by atoms with Crippen molar-refractivity contribution in [2.75, 3.05) is 17.7 Å². The molecule has 1 heterocycles. The molecule has 3 rings (SSSR count). The van der Waals surface area contributed by atoms with E-state index >= 15 is 0 Å². The topological polar surface area (TPSA) is 106 Å². The van der Waals surface area contributed by atoms with Crippen molar-refractivity contribution in [2.45, 2.75) is 19.8 Å². The number of aromatic nitrogens is 2. The highest BCUT2D eigenvalue weighted by Crippen LogP contribution is 2.21. The zero-order valence-corrected chi connectivity index (χ0v) is 15.6. The summed E-state index contributed by atoms with van der Waals surface area (Å²) in [5, 5.41) is 13.5. The molecule has 0 saturated heterocycles. The molecule has 0 saturated carbocycles. The third-order valence-corrected chi connectivity index (χ3v) is 3.86. The highest BCUT2D eigenvalue weighted by atomic mass is 16.5. The summed E-state index contributed by atoms with van der Waals surface area (Å²) in [5.41, 5.74) is 2.09. The molecule has 28 heavy (non-hydrogen) atoms. The lowest BCUT2D eigenvalue weighted by Crippen LogP contribution is -2.12. The quantitative estimate of drug-likeness (QED) is 0.651. The van der Waals surface area contributed by atoms with Crippen molar-refractivity contribution in [3.63, 3.8) is 0 Å². The van der Waals surface area contributed by atoms with E-state index in [2.05, 4.69) is 20.8 Å². The highest BCUT2D eigenvalue weighted by molar-refractivity contribution is 5.92. The van der Waals surface area contributed by atoms with Crippen LogP contribution in [0.15, 0.2) is 52.9 Å². The molecule has 0 bridgehead atoms. The number of nitrogens with zero attached hydrogens (tertiary/aromatic N) is 2. The number of nitrogens with one attached hydrogen (secondary N) is 2. The molecule has 8 heteroatoms. The molecule has 144 valence electrons. The summed E-state index contributed by atoms with van der Waals surface area (Å²) < 4.78 is 10.7. The van der Waals surface area contributed by atoms with Gasteiger partial charge in [-0.1, -0.05) is 0 Å². The molecule has 0 aliphatic carbocycles. The monoisotopic (exact) mass is 380 g/mol. The molecular formula is C20H20N4O4. The predicted molar refractivity (Wildman–Crippen MR) is 104 cm³/mol. The normalized spacial score (nSPS) is 10.4. The van der Waals surface area contributed by atoms with Crippen LogP contribution in [-0.2, 0) is 16.0 Å². The number of anilines is 2. The van der Waals surface area contributed by atoms with Crippen LogP contribution in [0, 0.1) is 0 Å². The Hall–Kier alpha value is -3.68. The van der Waals surface area contributed by atoms with E-state index in [1.54, 1.807) is 31.4 Å². The maximum Gasteiger partial charge on any atom is 0.247 e. The number of methoxy groups -OCH3 is 1. The Labute approximate surface area is 161 Å². The Balaban J connectivity index is 1.52. The van der Waals surface area contributed by atoms with Gasteiger partial charge in [0.15, 0.2) is 0 Å². The van der Waals surface area contributed by atoms with Crippen LogP contribution in [-0.4, -0.2) is 29.1 Å². The van der Waals surface area contributed by atoms with Crippen molar-refractivity contribution in [3.8, 4) is 17.2 Å². The predicted octanol–water partition coefficient (Wildman–Crippen LogP) is 3.27. The second-order valence-corrected chi connectivity index (χ2v) is 6.04. The fourth-order valence-electron chi connectivity index (χ4n) is 2.49. The van der Waals surface area contributed by atoms with Crippen molar-refractivity contribution in [1.82, 2.24) is 10.2 Å². The van der Waals surface area contributed by atoms with Gasteiger partial charge in [-0.25, -0.2) is 0 Å². The molecule has 8 nitrogen and oxygen atoms in total. The molecule has 0 spiro atoms. The number of hydrogen-bond acceptors (Lipinski definition) is 6. The van der Waals surface area contributed by atoms with E-state index in [9.17, 15) is 9.59 Å². The van der Waals surface area contributed by atoms with Crippen LogP contribution in [0.2, 0.25) is 0 Å². The van der Waals surface area contributed by atoms with Crippen molar-refractivity contribution in [1.29, 1.82) is 0 Å². The maximum absolute atomic E-state index is 12.1. The molecule has 2 amide bonds. The van der Waals surface area contributed by atoms with Crippen LogP contribution in [0.5, 0.6) is 5.75 Å². The smallest absolute Gasteiger partial charge is 0.247 e. The van der Waals surface area contributed by atoms with Gasteiger partial charge in [-0.05, 0) is 48.5 Å². The second kappa shape index (κ2) is 8.81. The third kappa shape index (κ3) is 5.16. The molecule has 3 aromatic rings. The number of ether oxygens (including phenoxy) is 1. The number of benzene rings is 2. The van der Waals surface area contributed by atoms with Gasteiger partial charge in [-0.15, -0.1) is 10.2 Å². The van der Waals surface area contributed by atoms with Gasteiger partial charge in [-0.3, -0.25) is 9.59 Å². The van der Waals surface area contributed by atoms with Gasteiger partial charge < -0.3 is 19.8 Å². The first kappa shape index (κ1) is 19.1. The van der Waals surface area contributed by atoms with Crippen molar-refractivity contribution in [3.05, 3.63) is 54.4 Å². The molecule has 1 aromatic heterocycles. The molecular weight excluding hydrogens is 360 g/mol. The van der Waals surface area contributed by atoms with Crippen LogP contribution in [0.4, 0.5) is 11.4 Å². The van der Waals surface area contributed by atoms with Crippen molar-refractivity contribution in [2.24, 2.45) is 0 Å². The second-order valence-electron chi connectivity index (χ2n) is 6.04. The van der Waals surface area contributed by atoms with Gasteiger partial charge in [0.25, 0.3) is 0 Å². The van der Waals surface area contributed by atoms with Gasteiger partial charge in [0.05, 0.1) is 7.11 Å². The largest absolute Gasteiger partial charge is 0.497 e. The first-order chi connectivity index (χ1) is 13.5. The summed E-state index contributed by atoms with van der Waals surface area (Å²) in [6.07, 6.45) is 0.538. The Bertz CT molecular complexity index is 949. The minimum absolute atomic E-state index is 0.148. The first-order valence-electron chi connectivity index (χ1n) is 8.68. The molecule has 0 atom stereocenters. The standard InChI is InChI=1S/C20H20N4O4/c1-13(25)21-15-5-7-16(8-6-15)22-18(26)11-12-19-23-24-20(28-19)14-3-9-17(27-2)10-4-14/h3-10H,11-12H2,1-2H3,(H,21,25)(H,22,26). The maximum atomic E-state index is 12.1. The number of hydrogen-bond donors (Lipinski definition) is 2. The number of amides is 2. The lowest BCUT2D eigenvalue weighted by Gasteiger charge is -2.06. The van der Waals surface area contributed by atoms with E-state index in [1.807, 2.05) is 24.3 Å². The van der Waals surface area contributed by atoms with Gasteiger partial charge in [0.2, 0.25) is 23.6 Å². The summed E-state index contributed by atoms with van der Waals surface area (Å²) >= 11 is 0. The number of rotatable bonds is 7. The molecule has 0 aliphatic rings. The molecule has 2 aromatic carbocycles. The van der Waals surface area contributed by atoms with Crippen LogP contribution in [0.3, 0.4) is 0 Å². The highest BCUT2D eigenvalue weighted by Gasteiger charge is 2.11. The number of aryl methyl sites for hydroxylation is 1. The molecule has 0 unspecified atom stereocenters. The van der Waals surface area contributed by atoms with Gasteiger partial charge in [0.1, 0.15) is 5.75 Å². The van der Waals surface area contributed by atoms with Crippen molar-refractivity contribution >= 4 is 23.2 Å². The van der Waals surface area contributed by atoms with E-state index in [0.29, 0.717) is 29.6 Å². The van der Waals surface area contributed by atoms with E-state index in [0.717, 1.165) is 11.3 Å². The minimum Gasteiger partial charge on any atom is -0.497 e. The Kier molecular flexibility index (Phi) is 6.01. The van der Waals surface area contributed by atoms with E-state index in [-0.39, 0.29) is 18.2 Å². The van der Waals surface area contributed by atoms with Crippen LogP contribution < -0.4 is 15.4 Å². The number of carbonyl (C=O) groups is 2. The minimum atomic E-state index is -0.170. The van der Waals surface area contributed by atoms with Crippen LogP contribution in [0.1, 0.15) is 19.2 Å². The average molecular weight is 380 g/mol. The average Bonchev–Trinajstić information content (AvgIpc) is 3.17. The SMILES string of the molecule is COc1ccc(-c2nnc(CCC(=O)Nc3ccc(NC(C)=O)cc3)o2)cc1. The molecule has 2 N–H and O–H groups in total. The third-order valence-electron chi connectivity index (χ3n) is 3.86. The summed E-state index contributed by atoms with van der Waals surface area (Å²) in [6, 6.07) is 14.1. The Morgan fingerprint density at radius 3 is 2.21 bits per heavy atom. The van der Waals surface area contributed by atoms with Gasteiger partial charge >= 0.3 is 0 Å². The zero-order chi connectivity index (χ0) is 19.9. The van der Waals surface area contributed by atoms with Crippen LogP contribution in [0.25, 0.3) is 11.5 Å². The summed E-state index contributed by atoms with van der Waals surface area (Å²) in [7, 11) is 1.60. The summed E-state index contributed by atoms with van der Waals surface area (Å²) in [4.78, 5) is 23.1. The fraction of sp³-hybridized carbons (Fsp3) is 0.200. The van der Waals surface area contributed by atoms with Gasteiger partial charge in [-0.2, -0.15) is 0 Å².